The highest BCUT2D eigenvalue weighted by Gasteiger charge is 2.13. The molecule has 7 heteroatoms. The van der Waals surface area contributed by atoms with E-state index < -0.39 is 0 Å². The third-order valence-corrected chi connectivity index (χ3v) is 4.48. The lowest BCUT2D eigenvalue weighted by Crippen LogP contribution is -2.37. The van der Waals surface area contributed by atoms with E-state index in [0.29, 0.717) is 24.2 Å². The lowest BCUT2D eigenvalue weighted by Gasteiger charge is -2.22. The zero-order valence-electron chi connectivity index (χ0n) is 15.5. The summed E-state index contributed by atoms with van der Waals surface area (Å²) in [7, 11) is 1.72. The Morgan fingerprint density at radius 1 is 1.27 bits per heavy atom. The Balaban J connectivity index is 0.00000338. The molecule has 26 heavy (non-hydrogen) atoms. The van der Waals surface area contributed by atoms with Gasteiger partial charge in [0.25, 0.3) is 0 Å². The predicted octanol–water partition coefficient (Wildman–Crippen LogP) is 3.34. The molecule has 0 atom stereocenters. The van der Waals surface area contributed by atoms with Crippen LogP contribution in [0.1, 0.15) is 49.7 Å². The molecule has 5 nitrogen and oxygen atoms in total. The lowest BCUT2D eigenvalue weighted by atomic mass is 9.98. The summed E-state index contributed by atoms with van der Waals surface area (Å²) >= 11 is 0. The second kappa shape index (κ2) is 13.3. The van der Waals surface area contributed by atoms with Crippen molar-refractivity contribution in [3.8, 4) is 0 Å². The van der Waals surface area contributed by atoms with E-state index in [1.54, 1.807) is 19.2 Å². The number of ether oxygens (including phenoxy) is 1. The number of hydrogen-bond acceptors (Lipinski definition) is 3. The maximum absolute atomic E-state index is 13.4. The molecule has 1 aliphatic carbocycles. The summed E-state index contributed by atoms with van der Waals surface area (Å²) in [6, 6.07) is 4.74. The molecule has 1 fully saturated rings. The highest BCUT2D eigenvalue weighted by Crippen LogP contribution is 2.20. The van der Waals surface area contributed by atoms with E-state index in [9.17, 15) is 4.39 Å². The van der Waals surface area contributed by atoms with Crippen molar-refractivity contribution in [1.29, 1.82) is 0 Å². The summed E-state index contributed by atoms with van der Waals surface area (Å²) in [6.07, 6.45) is 7.71. The maximum Gasteiger partial charge on any atom is 0.191 e. The number of guanidine groups is 1. The number of nitrogens with one attached hydrogen (secondary N) is 2. The molecule has 1 saturated carbocycles. The van der Waals surface area contributed by atoms with Crippen LogP contribution in [-0.2, 0) is 17.9 Å². The molecule has 1 aliphatic rings. The number of nitrogens with zero attached hydrogens (tertiary/aromatic N) is 1. The Labute approximate surface area is 172 Å². The van der Waals surface area contributed by atoms with E-state index in [0.717, 1.165) is 25.1 Å². The van der Waals surface area contributed by atoms with Crippen molar-refractivity contribution in [2.45, 2.75) is 57.8 Å². The average molecular weight is 479 g/mol. The summed E-state index contributed by atoms with van der Waals surface area (Å²) < 4.78 is 19.3. The number of hydrogen-bond donors (Lipinski definition) is 3. The zero-order chi connectivity index (χ0) is 17.9. The fourth-order valence-electron chi connectivity index (χ4n) is 3.03. The number of aliphatic imine (C=N–C) groups is 1. The average Bonchev–Trinajstić information content (AvgIpc) is 2.66. The van der Waals surface area contributed by atoms with Crippen molar-refractivity contribution in [3.05, 3.63) is 35.1 Å². The first-order valence-electron chi connectivity index (χ1n) is 9.17. The molecular formula is C19H31FIN3O2. The van der Waals surface area contributed by atoms with Gasteiger partial charge in [-0.25, -0.2) is 4.39 Å². The zero-order valence-corrected chi connectivity index (χ0v) is 17.8. The van der Waals surface area contributed by atoms with Crippen LogP contribution in [0.15, 0.2) is 23.2 Å². The molecule has 0 amide bonds. The molecule has 0 spiro atoms. The molecule has 1 aromatic carbocycles. The highest BCUT2D eigenvalue weighted by atomic mass is 127. The standard InChI is InChI=1S/C19H30FN3O2.HI/c1-21-19(22-10-5-11-25-17-6-3-2-4-7-17)23-13-15-8-9-18(20)16(12-15)14-24;/h8-9,12,17,24H,2-7,10-11,13-14H2,1H3,(H2,21,22,23);1H. The minimum atomic E-state index is -0.383. The molecule has 2 rings (SSSR count). The molecule has 1 aromatic rings. The fourth-order valence-corrected chi connectivity index (χ4v) is 3.03. The van der Waals surface area contributed by atoms with Crippen LogP contribution in [0.25, 0.3) is 0 Å². The number of halogens is 2. The van der Waals surface area contributed by atoms with Crippen molar-refractivity contribution >= 4 is 29.9 Å². The van der Waals surface area contributed by atoms with Crippen LogP contribution in [0.3, 0.4) is 0 Å². The summed E-state index contributed by atoms with van der Waals surface area (Å²) in [5.41, 5.74) is 1.20. The van der Waals surface area contributed by atoms with Crippen molar-refractivity contribution in [2.24, 2.45) is 4.99 Å². The smallest absolute Gasteiger partial charge is 0.191 e. The van der Waals surface area contributed by atoms with Gasteiger partial charge in [0.1, 0.15) is 5.82 Å². The molecule has 0 heterocycles. The Kier molecular flexibility index (Phi) is 11.8. The fraction of sp³-hybridized carbons (Fsp3) is 0.632. The molecule has 148 valence electrons. The molecular weight excluding hydrogens is 448 g/mol. The van der Waals surface area contributed by atoms with Gasteiger partial charge in [0.15, 0.2) is 5.96 Å². The lowest BCUT2D eigenvalue weighted by molar-refractivity contribution is 0.0277. The van der Waals surface area contributed by atoms with E-state index in [-0.39, 0.29) is 36.4 Å². The third kappa shape index (κ3) is 8.18. The van der Waals surface area contributed by atoms with Crippen LogP contribution < -0.4 is 10.6 Å². The first-order valence-corrected chi connectivity index (χ1v) is 9.17. The van der Waals surface area contributed by atoms with E-state index in [1.165, 1.54) is 38.2 Å². The van der Waals surface area contributed by atoms with E-state index in [4.69, 9.17) is 9.84 Å². The normalized spacial score (nSPS) is 15.4. The summed E-state index contributed by atoms with van der Waals surface area (Å²) in [6.45, 7) is 1.78. The number of aliphatic hydroxyl groups is 1. The SMILES string of the molecule is CN=C(NCCCOC1CCCCC1)NCc1ccc(F)c(CO)c1.I. The molecule has 0 aromatic heterocycles. The minimum absolute atomic E-state index is 0. The van der Waals surface area contributed by atoms with Crippen molar-refractivity contribution in [1.82, 2.24) is 10.6 Å². The molecule has 0 unspecified atom stereocenters. The van der Waals surface area contributed by atoms with Gasteiger partial charge >= 0.3 is 0 Å². The summed E-state index contributed by atoms with van der Waals surface area (Å²) in [5.74, 6) is 0.319. The molecule has 0 aliphatic heterocycles. The predicted molar refractivity (Wildman–Crippen MR) is 113 cm³/mol. The number of benzene rings is 1. The summed E-state index contributed by atoms with van der Waals surface area (Å²) in [5, 5.41) is 15.6. The molecule has 0 saturated heterocycles. The van der Waals surface area contributed by atoms with Gasteiger partial charge in [0.2, 0.25) is 0 Å². The molecule has 0 radical (unpaired) electrons. The second-order valence-corrected chi connectivity index (χ2v) is 6.42. The van der Waals surface area contributed by atoms with Gasteiger partial charge in [0, 0.05) is 32.3 Å². The first kappa shape index (κ1) is 23.1. The van der Waals surface area contributed by atoms with Crippen LogP contribution in [0.5, 0.6) is 0 Å². The highest BCUT2D eigenvalue weighted by molar-refractivity contribution is 14.0. The topological polar surface area (TPSA) is 65.9 Å². The first-order chi connectivity index (χ1) is 12.2. The Morgan fingerprint density at radius 2 is 2.04 bits per heavy atom. The largest absolute Gasteiger partial charge is 0.392 e. The van der Waals surface area contributed by atoms with Gasteiger partial charge in [0.05, 0.1) is 12.7 Å². The monoisotopic (exact) mass is 479 g/mol. The van der Waals surface area contributed by atoms with Gasteiger partial charge < -0.3 is 20.5 Å². The Hall–Kier alpha value is -0.930. The molecule has 0 bridgehead atoms. The van der Waals surface area contributed by atoms with Crippen LogP contribution in [0.4, 0.5) is 4.39 Å². The van der Waals surface area contributed by atoms with E-state index >= 15 is 0 Å². The van der Waals surface area contributed by atoms with Crippen LogP contribution in [0, 0.1) is 5.82 Å². The van der Waals surface area contributed by atoms with Gasteiger partial charge in [-0.1, -0.05) is 25.3 Å². The Morgan fingerprint density at radius 3 is 2.73 bits per heavy atom. The van der Waals surface area contributed by atoms with Crippen molar-refractivity contribution in [3.63, 3.8) is 0 Å². The van der Waals surface area contributed by atoms with Crippen molar-refractivity contribution in [2.75, 3.05) is 20.2 Å². The van der Waals surface area contributed by atoms with Gasteiger partial charge in [-0.2, -0.15) is 0 Å². The van der Waals surface area contributed by atoms with Crippen LogP contribution in [0.2, 0.25) is 0 Å². The van der Waals surface area contributed by atoms with Gasteiger partial charge in [-0.15, -0.1) is 24.0 Å². The number of rotatable bonds is 8. The third-order valence-electron chi connectivity index (χ3n) is 4.48. The summed E-state index contributed by atoms with van der Waals surface area (Å²) in [4.78, 5) is 4.18. The van der Waals surface area contributed by atoms with E-state index in [2.05, 4.69) is 15.6 Å². The number of aliphatic hydroxyl groups excluding tert-OH is 1. The quantitative estimate of drug-likeness (QED) is 0.232. The Bertz CT molecular complexity index is 552. The van der Waals surface area contributed by atoms with Crippen LogP contribution >= 0.6 is 24.0 Å². The van der Waals surface area contributed by atoms with Gasteiger partial charge in [-0.05, 0) is 37.0 Å². The van der Waals surface area contributed by atoms with E-state index in [1.807, 2.05) is 0 Å². The maximum atomic E-state index is 13.4. The minimum Gasteiger partial charge on any atom is -0.392 e. The van der Waals surface area contributed by atoms with Crippen LogP contribution in [-0.4, -0.2) is 37.4 Å². The second-order valence-electron chi connectivity index (χ2n) is 6.42. The van der Waals surface area contributed by atoms with Crippen molar-refractivity contribution < 1.29 is 14.2 Å². The van der Waals surface area contributed by atoms with Gasteiger partial charge in [-0.3, -0.25) is 4.99 Å². The molecule has 3 N–H and O–H groups in total.